The Labute approximate surface area is 126 Å². The van der Waals surface area contributed by atoms with Crippen LogP contribution in [0.25, 0.3) is 0 Å². The fourth-order valence-corrected chi connectivity index (χ4v) is 3.47. The Morgan fingerprint density at radius 2 is 1.67 bits per heavy atom. The van der Waals surface area contributed by atoms with E-state index in [1.165, 1.54) is 18.5 Å². The van der Waals surface area contributed by atoms with Gasteiger partial charge in [-0.1, -0.05) is 12.8 Å². The minimum atomic E-state index is 0.190. The molecule has 0 bridgehead atoms. The highest BCUT2D eigenvalue weighted by Crippen LogP contribution is 2.25. The van der Waals surface area contributed by atoms with Crippen LogP contribution in [-0.2, 0) is 4.79 Å². The van der Waals surface area contributed by atoms with Crippen molar-refractivity contribution in [2.24, 2.45) is 5.92 Å². The van der Waals surface area contributed by atoms with Crippen LogP contribution in [0.15, 0.2) is 24.3 Å². The van der Waals surface area contributed by atoms with Gasteiger partial charge in [-0.05, 0) is 49.9 Å². The summed E-state index contributed by atoms with van der Waals surface area (Å²) < 4.78 is 0. The van der Waals surface area contributed by atoms with Crippen LogP contribution in [0.5, 0.6) is 0 Å². The normalized spacial score (nSPS) is 20.7. The molecular weight excluding hydrogens is 262 g/mol. The lowest BCUT2D eigenvalue weighted by Gasteiger charge is -2.33. The first-order valence-electron chi connectivity index (χ1n) is 8.13. The molecule has 4 heteroatoms. The molecule has 0 radical (unpaired) electrons. The first kappa shape index (κ1) is 14.2. The number of anilines is 2. The maximum atomic E-state index is 12.3. The summed E-state index contributed by atoms with van der Waals surface area (Å²) in [4.78, 5) is 14.6. The molecule has 2 aliphatic rings. The molecule has 2 fully saturated rings. The average molecular weight is 287 g/mol. The number of nitrogens with zero attached hydrogens (tertiary/aromatic N) is 1. The molecule has 3 rings (SSSR count). The number of amides is 1. The van der Waals surface area contributed by atoms with Gasteiger partial charge in [0.15, 0.2) is 0 Å². The van der Waals surface area contributed by atoms with Gasteiger partial charge in [0.2, 0.25) is 5.91 Å². The average Bonchev–Trinajstić information content (AvgIpc) is 3.01. The molecule has 1 heterocycles. The number of nitrogen functional groups attached to an aromatic ring is 1. The van der Waals surface area contributed by atoms with Crippen molar-refractivity contribution < 1.29 is 4.79 Å². The second kappa shape index (κ2) is 6.37. The van der Waals surface area contributed by atoms with E-state index in [4.69, 9.17) is 5.73 Å². The van der Waals surface area contributed by atoms with Gasteiger partial charge >= 0.3 is 0 Å². The van der Waals surface area contributed by atoms with E-state index < -0.39 is 0 Å². The summed E-state index contributed by atoms with van der Waals surface area (Å²) in [5.74, 6) is 0.467. The lowest BCUT2D eigenvalue weighted by molar-refractivity contribution is -0.126. The maximum absolute atomic E-state index is 12.3. The number of carbonyl (C=O) groups excluding carboxylic acids is 1. The van der Waals surface area contributed by atoms with E-state index >= 15 is 0 Å². The van der Waals surface area contributed by atoms with E-state index in [1.54, 1.807) is 0 Å². The van der Waals surface area contributed by atoms with Crippen molar-refractivity contribution in [3.8, 4) is 0 Å². The van der Waals surface area contributed by atoms with Crippen LogP contribution < -0.4 is 16.0 Å². The Morgan fingerprint density at radius 1 is 1.05 bits per heavy atom. The van der Waals surface area contributed by atoms with Crippen LogP contribution in [0.1, 0.15) is 38.5 Å². The predicted octanol–water partition coefficient (Wildman–Crippen LogP) is 2.54. The van der Waals surface area contributed by atoms with Crippen LogP contribution in [0.4, 0.5) is 11.4 Å². The van der Waals surface area contributed by atoms with Gasteiger partial charge in [0.25, 0.3) is 0 Å². The van der Waals surface area contributed by atoms with Crippen molar-refractivity contribution in [2.45, 2.75) is 44.6 Å². The van der Waals surface area contributed by atoms with Crippen LogP contribution in [-0.4, -0.2) is 25.0 Å². The largest absolute Gasteiger partial charge is 0.399 e. The summed E-state index contributed by atoms with van der Waals surface area (Å²) in [6.07, 6.45) is 6.75. The first-order chi connectivity index (χ1) is 10.2. The molecule has 1 amide bonds. The molecule has 1 aromatic rings. The van der Waals surface area contributed by atoms with E-state index in [9.17, 15) is 4.79 Å². The summed E-state index contributed by atoms with van der Waals surface area (Å²) in [5, 5.41) is 3.24. The third kappa shape index (κ3) is 3.49. The molecule has 0 unspecified atom stereocenters. The van der Waals surface area contributed by atoms with Gasteiger partial charge in [0, 0.05) is 36.4 Å². The molecule has 3 N–H and O–H groups in total. The van der Waals surface area contributed by atoms with E-state index in [2.05, 4.69) is 22.3 Å². The van der Waals surface area contributed by atoms with Gasteiger partial charge in [-0.3, -0.25) is 4.79 Å². The van der Waals surface area contributed by atoms with Gasteiger partial charge < -0.3 is 16.0 Å². The summed E-state index contributed by atoms with van der Waals surface area (Å²) in [6.45, 7) is 1.90. The standard InChI is InChI=1S/C17H25N3O/c18-14-5-7-16(8-6-14)20-11-9-13(10-12-20)17(21)19-15-3-1-2-4-15/h5-8,13,15H,1-4,9-12,18H2,(H,19,21). The second-order valence-electron chi connectivity index (χ2n) is 6.34. The van der Waals surface area contributed by atoms with E-state index in [1.807, 2.05) is 12.1 Å². The van der Waals surface area contributed by atoms with Crippen molar-refractivity contribution in [3.05, 3.63) is 24.3 Å². The summed E-state index contributed by atoms with van der Waals surface area (Å²) in [6, 6.07) is 8.44. The highest BCUT2D eigenvalue weighted by atomic mass is 16.1. The van der Waals surface area contributed by atoms with Crippen LogP contribution in [0, 0.1) is 5.92 Å². The van der Waals surface area contributed by atoms with Crippen LogP contribution in [0.2, 0.25) is 0 Å². The highest BCUT2D eigenvalue weighted by molar-refractivity contribution is 5.79. The Balaban J connectivity index is 1.50. The number of hydrogen-bond donors (Lipinski definition) is 2. The zero-order valence-corrected chi connectivity index (χ0v) is 12.6. The highest BCUT2D eigenvalue weighted by Gasteiger charge is 2.27. The molecule has 114 valence electrons. The monoisotopic (exact) mass is 287 g/mol. The zero-order valence-electron chi connectivity index (χ0n) is 12.6. The molecule has 0 aromatic heterocycles. The van der Waals surface area contributed by atoms with Crippen LogP contribution in [0.3, 0.4) is 0 Å². The number of piperidine rings is 1. The fraction of sp³-hybridized carbons (Fsp3) is 0.588. The van der Waals surface area contributed by atoms with Gasteiger partial charge in [-0.15, -0.1) is 0 Å². The fourth-order valence-electron chi connectivity index (χ4n) is 3.47. The van der Waals surface area contributed by atoms with Gasteiger partial charge in [-0.25, -0.2) is 0 Å². The Hall–Kier alpha value is -1.71. The van der Waals surface area contributed by atoms with E-state index in [0.29, 0.717) is 6.04 Å². The number of benzene rings is 1. The Morgan fingerprint density at radius 3 is 2.29 bits per heavy atom. The van der Waals surface area contributed by atoms with Crippen LogP contribution >= 0.6 is 0 Å². The third-order valence-corrected chi connectivity index (χ3v) is 4.83. The molecule has 0 spiro atoms. The molecule has 1 saturated heterocycles. The molecule has 21 heavy (non-hydrogen) atoms. The lowest BCUT2D eigenvalue weighted by atomic mass is 9.95. The number of carbonyl (C=O) groups is 1. The van der Waals surface area contributed by atoms with Gasteiger partial charge in [0.1, 0.15) is 0 Å². The molecule has 1 aliphatic heterocycles. The summed E-state index contributed by atoms with van der Waals surface area (Å²) in [7, 11) is 0. The van der Waals surface area contributed by atoms with Crippen molar-refractivity contribution in [2.75, 3.05) is 23.7 Å². The van der Waals surface area contributed by atoms with Gasteiger partial charge in [-0.2, -0.15) is 0 Å². The smallest absolute Gasteiger partial charge is 0.223 e. The topological polar surface area (TPSA) is 58.4 Å². The quantitative estimate of drug-likeness (QED) is 0.840. The van der Waals surface area contributed by atoms with Crippen molar-refractivity contribution in [3.63, 3.8) is 0 Å². The summed E-state index contributed by atoms with van der Waals surface area (Å²) in [5.41, 5.74) is 7.73. The maximum Gasteiger partial charge on any atom is 0.223 e. The van der Waals surface area contributed by atoms with Crippen molar-refractivity contribution >= 4 is 17.3 Å². The number of hydrogen-bond acceptors (Lipinski definition) is 3. The molecule has 0 atom stereocenters. The zero-order chi connectivity index (χ0) is 14.7. The lowest BCUT2D eigenvalue weighted by Crippen LogP contribution is -2.43. The Bertz CT molecular complexity index is 471. The number of rotatable bonds is 3. The minimum Gasteiger partial charge on any atom is -0.399 e. The third-order valence-electron chi connectivity index (χ3n) is 4.83. The van der Waals surface area contributed by atoms with Gasteiger partial charge in [0.05, 0.1) is 0 Å². The molecule has 1 aliphatic carbocycles. The number of nitrogens with two attached hydrogens (primary N) is 1. The molecule has 1 saturated carbocycles. The Kier molecular flexibility index (Phi) is 4.32. The molecule has 4 nitrogen and oxygen atoms in total. The minimum absolute atomic E-state index is 0.190. The molecule has 1 aromatic carbocycles. The second-order valence-corrected chi connectivity index (χ2v) is 6.34. The molecular formula is C17H25N3O. The first-order valence-corrected chi connectivity index (χ1v) is 8.13. The summed E-state index contributed by atoms with van der Waals surface area (Å²) >= 11 is 0. The van der Waals surface area contributed by atoms with Crippen molar-refractivity contribution in [1.29, 1.82) is 0 Å². The van der Waals surface area contributed by atoms with E-state index in [-0.39, 0.29) is 11.8 Å². The number of nitrogens with one attached hydrogen (secondary N) is 1. The predicted molar refractivity (Wildman–Crippen MR) is 86.2 cm³/mol. The van der Waals surface area contributed by atoms with E-state index in [0.717, 1.165) is 44.5 Å². The van der Waals surface area contributed by atoms with Crippen molar-refractivity contribution in [1.82, 2.24) is 5.32 Å². The SMILES string of the molecule is Nc1ccc(N2CCC(C(=O)NC3CCCC3)CC2)cc1.